The quantitative estimate of drug-likeness (QED) is 0.319. The average Bonchev–Trinajstić information content (AvgIpc) is 2.84. The van der Waals surface area contributed by atoms with E-state index in [1.807, 2.05) is 0 Å². The van der Waals surface area contributed by atoms with Crippen molar-refractivity contribution in [1.29, 1.82) is 0 Å². The van der Waals surface area contributed by atoms with Crippen molar-refractivity contribution in [2.24, 2.45) is 4.99 Å². The molecule has 2 N–H and O–H groups in total. The highest BCUT2D eigenvalue weighted by Crippen LogP contribution is 2.08. The van der Waals surface area contributed by atoms with Crippen LogP contribution in [0.2, 0.25) is 0 Å². The lowest BCUT2D eigenvalue weighted by molar-refractivity contribution is 0.430. The van der Waals surface area contributed by atoms with Gasteiger partial charge in [-0.1, -0.05) is 0 Å². The molecule has 0 bridgehead atoms. The number of hydrogen-bond donors (Lipinski definition) is 2. The Kier molecular flexibility index (Phi) is 10.2. The molecule has 0 aromatic carbocycles. The first-order chi connectivity index (χ1) is 9.42. The third kappa shape index (κ3) is 9.31. The second-order valence-electron chi connectivity index (χ2n) is 5.90. The Bertz CT molecular complexity index is 398. The second kappa shape index (κ2) is 10.4. The van der Waals surface area contributed by atoms with Crippen molar-refractivity contribution in [2.45, 2.75) is 39.8 Å². The summed E-state index contributed by atoms with van der Waals surface area (Å²) in [6, 6.07) is 2.16. The summed E-state index contributed by atoms with van der Waals surface area (Å²) in [5, 5.41) is 11.1. The van der Waals surface area contributed by atoms with E-state index in [0.29, 0.717) is 0 Å². The smallest absolute Gasteiger partial charge is 0.194 e. The largest absolute Gasteiger partial charge is 0.357 e. The summed E-state index contributed by atoms with van der Waals surface area (Å²) in [7, 11) is 2.08. The highest BCUT2D eigenvalue weighted by Gasteiger charge is 2.09. The SMILES string of the molecule is CCNC(=NCCNC(C)(C)C)N(C)Cc1ccsc1.I. The van der Waals surface area contributed by atoms with E-state index >= 15 is 0 Å². The molecule has 6 heteroatoms. The molecule has 1 aromatic heterocycles. The Morgan fingerprint density at radius 1 is 1.38 bits per heavy atom. The van der Waals surface area contributed by atoms with Crippen LogP contribution in [0.5, 0.6) is 0 Å². The van der Waals surface area contributed by atoms with E-state index in [2.05, 4.69) is 72.1 Å². The van der Waals surface area contributed by atoms with Crippen LogP contribution in [0.1, 0.15) is 33.3 Å². The van der Waals surface area contributed by atoms with Gasteiger partial charge in [0, 0.05) is 32.2 Å². The molecule has 1 heterocycles. The van der Waals surface area contributed by atoms with Crippen molar-refractivity contribution in [1.82, 2.24) is 15.5 Å². The molecule has 0 radical (unpaired) electrons. The van der Waals surface area contributed by atoms with Crippen molar-refractivity contribution < 1.29 is 0 Å². The molecule has 0 aliphatic rings. The van der Waals surface area contributed by atoms with Crippen LogP contribution in [0.4, 0.5) is 0 Å². The highest BCUT2D eigenvalue weighted by molar-refractivity contribution is 14.0. The molecule has 0 saturated carbocycles. The molecule has 0 aliphatic carbocycles. The maximum atomic E-state index is 4.67. The van der Waals surface area contributed by atoms with E-state index in [1.165, 1.54) is 5.56 Å². The Hall–Kier alpha value is -0.340. The molecule has 0 fully saturated rings. The molecule has 1 rings (SSSR count). The summed E-state index contributed by atoms with van der Waals surface area (Å²) >= 11 is 1.73. The van der Waals surface area contributed by atoms with Gasteiger partial charge < -0.3 is 15.5 Å². The lowest BCUT2D eigenvalue weighted by Crippen LogP contribution is -2.40. The van der Waals surface area contributed by atoms with E-state index in [9.17, 15) is 0 Å². The Labute approximate surface area is 150 Å². The van der Waals surface area contributed by atoms with E-state index in [1.54, 1.807) is 11.3 Å². The lowest BCUT2D eigenvalue weighted by atomic mass is 10.1. The Morgan fingerprint density at radius 2 is 2.10 bits per heavy atom. The van der Waals surface area contributed by atoms with Crippen LogP contribution < -0.4 is 10.6 Å². The molecule has 0 aliphatic heterocycles. The van der Waals surface area contributed by atoms with E-state index in [4.69, 9.17) is 0 Å². The fraction of sp³-hybridized carbons (Fsp3) is 0.667. The van der Waals surface area contributed by atoms with Crippen molar-refractivity contribution >= 4 is 41.3 Å². The van der Waals surface area contributed by atoms with Gasteiger partial charge in [-0.25, -0.2) is 0 Å². The maximum Gasteiger partial charge on any atom is 0.194 e. The van der Waals surface area contributed by atoms with Gasteiger partial charge in [0.25, 0.3) is 0 Å². The molecule has 0 spiro atoms. The molecular formula is C15H29IN4S. The van der Waals surface area contributed by atoms with Gasteiger partial charge in [-0.05, 0) is 50.1 Å². The summed E-state index contributed by atoms with van der Waals surface area (Å²) < 4.78 is 0. The van der Waals surface area contributed by atoms with Crippen LogP contribution in [0.25, 0.3) is 0 Å². The number of aliphatic imine (C=N–C) groups is 1. The number of nitrogens with zero attached hydrogens (tertiary/aromatic N) is 2. The zero-order valence-electron chi connectivity index (χ0n) is 13.8. The number of hydrogen-bond acceptors (Lipinski definition) is 3. The molecule has 0 amide bonds. The summed E-state index contributed by atoms with van der Waals surface area (Å²) in [6.07, 6.45) is 0. The number of thiophene rings is 1. The summed E-state index contributed by atoms with van der Waals surface area (Å²) in [4.78, 5) is 6.84. The van der Waals surface area contributed by atoms with Gasteiger partial charge >= 0.3 is 0 Å². The van der Waals surface area contributed by atoms with E-state index in [0.717, 1.165) is 32.1 Å². The van der Waals surface area contributed by atoms with E-state index < -0.39 is 0 Å². The van der Waals surface area contributed by atoms with E-state index in [-0.39, 0.29) is 29.5 Å². The zero-order chi connectivity index (χ0) is 15.0. The third-order valence-corrected chi connectivity index (χ3v) is 3.46. The van der Waals surface area contributed by atoms with Gasteiger partial charge in [0.1, 0.15) is 0 Å². The first kappa shape index (κ1) is 20.7. The average molecular weight is 424 g/mol. The summed E-state index contributed by atoms with van der Waals surface area (Å²) in [6.45, 7) is 12.1. The minimum Gasteiger partial charge on any atom is -0.357 e. The highest BCUT2D eigenvalue weighted by atomic mass is 127. The second-order valence-corrected chi connectivity index (χ2v) is 6.68. The van der Waals surface area contributed by atoms with Gasteiger partial charge in [-0.3, -0.25) is 4.99 Å². The van der Waals surface area contributed by atoms with Crippen LogP contribution in [-0.4, -0.2) is 43.1 Å². The van der Waals surface area contributed by atoms with Crippen molar-refractivity contribution in [2.75, 3.05) is 26.7 Å². The number of guanidine groups is 1. The standard InChI is InChI=1S/C15H28N4S.HI/c1-6-16-14(17-8-9-18-15(2,3)4)19(5)11-13-7-10-20-12-13;/h7,10,12,18H,6,8-9,11H2,1-5H3,(H,16,17);1H. The fourth-order valence-corrected chi connectivity index (χ4v) is 2.45. The predicted molar refractivity (Wildman–Crippen MR) is 105 cm³/mol. The molecule has 0 unspecified atom stereocenters. The zero-order valence-corrected chi connectivity index (χ0v) is 16.9. The van der Waals surface area contributed by atoms with Crippen LogP contribution >= 0.6 is 35.3 Å². The molecule has 1 aromatic rings. The van der Waals surface area contributed by atoms with Crippen molar-refractivity contribution in [3.8, 4) is 0 Å². The Morgan fingerprint density at radius 3 is 2.62 bits per heavy atom. The third-order valence-electron chi connectivity index (χ3n) is 2.73. The first-order valence-electron chi connectivity index (χ1n) is 7.18. The molecule has 0 atom stereocenters. The van der Waals surface area contributed by atoms with Crippen LogP contribution in [-0.2, 0) is 6.54 Å². The first-order valence-corrected chi connectivity index (χ1v) is 8.12. The number of halogens is 1. The monoisotopic (exact) mass is 424 g/mol. The molecule has 21 heavy (non-hydrogen) atoms. The van der Waals surface area contributed by atoms with Gasteiger partial charge in [0.05, 0.1) is 6.54 Å². The minimum atomic E-state index is 0. The topological polar surface area (TPSA) is 39.7 Å². The number of rotatable bonds is 6. The van der Waals surface area contributed by atoms with Gasteiger partial charge in [-0.15, -0.1) is 24.0 Å². The minimum absolute atomic E-state index is 0. The normalized spacial score (nSPS) is 12.0. The van der Waals surface area contributed by atoms with Crippen LogP contribution in [0.3, 0.4) is 0 Å². The number of nitrogens with one attached hydrogen (secondary N) is 2. The van der Waals surface area contributed by atoms with Gasteiger partial charge in [0.2, 0.25) is 0 Å². The lowest BCUT2D eigenvalue weighted by Gasteiger charge is -2.23. The van der Waals surface area contributed by atoms with Crippen LogP contribution in [0, 0.1) is 0 Å². The predicted octanol–water partition coefficient (Wildman–Crippen LogP) is 3.15. The van der Waals surface area contributed by atoms with Crippen molar-refractivity contribution in [3.63, 3.8) is 0 Å². The summed E-state index contributed by atoms with van der Waals surface area (Å²) in [5.41, 5.74) is 1.48. The molecule has 122 valence electrons. The molecule has 0 saturated heterocycles. The molecular weight excluding hydrogens is 395 g/mol. The van der Waals surface area contributed by atoms with Crippen molar-refractivity contribution in [3.05, 3.63) is 22.4 Å². The van der Waals surface area contributed by atoms with Crippen LogP contribution in [0.15, 0.2) is 21.8 Å². The maximum absolute atomic E-state index is 4.67. The fourth-order valence-electron chi connectivity index (χ4n) is 1.79. The van der Waals surface area contributed by atoms with Gasteiger partial charge in [0.15, 0.2) is 5.96 Å². The Balaban J connectivity index is 0.00000400. The summed E-state index contributed by atoms with van der Waals surface area (Å²) in [5.74, 6) is 0.967. The molecule has 4 nitrogen and oxygen atoms in total. The van der Waals surface area contributed by atoms with Gasteiger partial charge in [-0.2, -0.15) is 11.3 Å².